The van der Waals surface area contributed by atoms with E-state index in [4.69, 9.17) is 0 Å². The molecule has 21 heavy (non-hydrogen) atoms. The van der Waals surface area contributed by atoms with Crippen LogP contribution in [0.3, 0.4) is 0 Å². The molecule has 6 heteroatoms. The van der Waals surface area contributed by atoms with Gasteiger partial charge < -0.3 is 5.32 Å². The van der Waals surface area contributed by atoms with Gasteiger partial charge in [0.2, 0.25) is 10.0 Å². The molecule has 0 fully saturated rings. The molecule has 2 aromatic rings. The van der Waals surface area contributed by atoms with Crippen molar-refractivity contribution < 1.29 is 8.42 Å². The highest BCUT2D eigenvalue weighted by molar-refractivity contribution is 7.89. The molecule has 0 spiro atoms. The Labute approximate surface area is 130 Å². The molecule has 0 saturated heterocycles. The molecular weight excluding hydrogens is 304 g/mol. The number of benzene rings is 1. The molecule has 0 aliphatic carbocycles. The fourth-order valence-corrected chi connectivity index (χ4v) is 4.05. The van der Waals surface area contributed by atoms with Gasteiger partial charge in [-0.15, -0.1) is 11.3 Å². The van der Waals surface area contributed by atoms with E-state index >= 15 is 0 Å². The number of hydrogen-bond acceptors (Lipinski definition) is 4. The van der Waals surface area contributed by atoms with Crippen LogP contribution in [0.4, 0.5) is 0 Å². The van der Waals surface area contributed by atoms with Gasteiger partial charge in [0, 0.05) is 22.8 Å². The maximum Gasteiger partial charge on any atom is 0.240 e. The maximum absolute atomic E-state index is 12.3. The summed E-state index contributed by atoms with van der Waals surface area (Å²) in [6, 6.07) is 11.0. The molecule has 2 N–H and O–H groups in total. The predicted octanol–water partition coefficient (Wildman–Crippen LogP) is 2.51. The van der Waals surface area contributed by atoms with Gasteiger partial charge in [-0.05, 0) is 43.3 Å². The zero-order chi connectivity index (χ0) is 15.3. The third-order valence-electron chi connectivity index (χ3n) is 3.09. The standard InChI is InChI=1S/C15H20N2O2S2/c1-3-13-7-8-14(20-13)11-17-21(18,19)15-6-4-5-12(9-15)10-16-2/h4-9,16-17H,3,10-11H2,1-2H3. The first-order valence-electron chi connectivity index (χ1n) is 6.86. The summed E-state index contributed by atoms with van der Waals surface area (Å²) in [6.45, 7) is 3.07. The molecule has 0 aliphatic rings. The Balaban J connectivity index is 2.09. The van der Waals surface area contributed by atoms with Crippen molar-refractivity contribution in [3.05, 3.63) is 51.7 Å². The van der Waals surface area contributed by atoms with Crippen LogP contribution in [0.2, 0.25) is 0 Å². The van der Waals surface area contributed by atoms with E-state index in [0.717, 1.165) is 16.9 Å². The van der Waals surface area contributed by atoms with E-state index in [0.29, 0.717) is 18.0 Å². The van der Waals surface area contributed by atoms with Crippen LogP contribution in [0.25, 0.3) is 0 Å². The van der Waals surface area contributed by atoms with Crippen LogP contribution in [0, 0.1) is 0 Å². The summed E-state index contributed by atoms with van der Waals surface area (Å²) in [7, 11) is -1.63. The Kier molecular flexibility index (Phi) is 5.52. The minimum absolute atomic E-state index is 0.308. The minimum atomic E-state index is -3.47. The van der Waals surface area contributed by atoms with Crippen LogP contribution in [0.5, 0.6) is 0 Å². The van der Waals surface area contributed by atoms with Crippen LogP contribution in [-0.2, 0) is 29.5 Å². The number of thiophene rings is 1. The van der Waals surface area contributed by atoms with Crippen molar-refractivity contribution in [1.82, 2.24) is 10.0 Å². The molecule has 1 heterocycles. The molecule has 1 aromatic heterocycles. The number of hydrogen-bond donors (Lipinski definition) is 2. The molecule has 2 rings (SSSR count). The summed E-state index contributed by atoms with van der Waals surface area (Å²) in [5, 5.41) is 3.02. The van der Waals surface area contributed by atoms with Crippen molar-refractivity contribution >= 4 is 21.4 Å². The highest BCUT2D eigenvalue weighted by atomic mass is 32.2. The first-order chi connectivity index (χ1) is 10.0. The Morgan fingerprint density at radius 3 is 2.52 bits per heavy atom. The second-order valence-electron chi connectivity index (χ2n) is 4.72. The van der Waals surface area contributed by atoms with E-state index in [1.807, 2.05) is 25.2 Å². The average molecular weight is 324 g/mol. The predicted molar refractivity (Wildman–Crippen MR) is 86.9 cm³/mol. The lowest BCUT2D eigenvalue weighted by Gasteiger charge is -2.07. The monoisotopic (exact) mass is 324 g/mol. The van der Waals surface area contributed by atoms with Gasteiger partial charge in [0.25, 0.3) is 0 Å². The van der Waals surface area contributed by atoms with Crippen molar-refractivity contribution in [3.8, 4) is 0 Å². The van der Waals surface area contributed by atoms with E-state index in [2.05, 4.69) is 17.0 Å². The maximum atomic E-state index is 12.3. The Bertz CT molecular complexity index is 693. The Morgan fingerprint density at radius 2 is 1.86 bits per heavy atom. The summed E-state index contributed by atoms with van der Waals surface area (Å²) in [6.07, 6.45) is 0.976. The lowest BCUT2D eigenvalue weighted by Crippen LogP contribution is -2.23. The summed E-state index contributed by atoms with van der Waals surface area (Å²) in [5.74, 6) is 0. The molecule has 0 saturated carbocycles. The molecule has 0 aliphatic heterocycles. The first kappa shape index (κ1) is 16.2. The van der Waals surface area contributed by atoms with Gasteiger partial charge in [-0.25, -0.2) is 13.1 Å². The van der Waals surface area contributed by atoms with Crippen molar-refractivity contribution in [1.29, 1.82) is 0 Å². The molecule has 0 radical (unpaired) electrons. The highest BCUT2D eigenvalue weighted by Crippen LogP contribution is 2.18. The van der Waals surface area contributed by atoms with E-state index < -0.39 is 10.0 Å². The van der Waals surface area contributed by atoms with Crippen molar-refractivity contribution in [2.75, 3.05) is 7.05 Å². The molecule has 4 nitrogen and oxygen atoms in total. The average Bonchev–Trinajstić information content (AvgIpc) is 2.94. The van der Waals surface area contributed by atoms with E-state index in [9.17, 15) is 8.42 Å². The quantitative estimate of drug-likeness (QED) is 0.823. The fraction of sp³-hybridized carbons (Fsp3) is 0.333. The van der Waals surface area contributed by atoms with Crippen LogP contribution in [-0.4, -0.2) is 15.5 Å². The Morgan fingerprint density at radius 1 is 1.10 bits per heavy atom. The van der Waals surface area contributed by atoms with Gasteiger partial charge in [0.1, 0.15) is 0 Å². The van der Waals surface area contributed by atoms with E-state index in [1.165, 1.54) is 4.88 Å². The zero-order valence-electron chi connectivity index (χ0n) is 12.2. The molecule has 1 aromatic carbocycles. The number of rotatable bonds is 7. The minimum Gasteiger partial charge on any atom is -0.316 e. The normalized spacial score (nSPS) is 11.7. The van der Waals surface area contributed by atoms with Crippen LogP contribution in [0.1, 0.15) is 22.2 Å². The first-order valence-corrected chi connectivity index (χ1v) is 9.16. The second kappa shape index (κ2) is 7.17. The summed E-state index contributed by atoms with van der Waals surface area (Å²) in [5.41, 5.74) is 0.949. The van der Waals surface area contributed by atoms with Gasteiger partial charge in [0.05, 0.1) is 4.90 Å². The molecule has 0 unspecified atom stereocenters. The fourth-order valence-electron chi connectivity index (χ4n) is 1.98. The van der Waals surface area contributed by atoms with Crippen LogP contribution < -0.4 is 10.0 Å². The lowest BCUT2D eigenvalue weighted by molar-refractivity contribution is 0.581. The third kappa shape index (κ3) is 4.38. The summed E-state index contributed by atoms with van der Waals surface area (Å²) < 4.78 is 27.3. The molecule has 114 valence electrons. The van der Waals surface area contributed by atoms with Gasteiger partial charge in [-0.3, -0.25) is 0 Å². The van der Waals surface area contributed by atoms with Crippen LogP contribution in [0.15, 0.2) is 41.3 Å². The summed E-state index contributed by atoms with van der Waals surface area (Å²) >= 11 is 1.64. The van der Waals surface area contributed by atoms with Gasteiger partial charge in [-0.2, -0.15) is 0 Å². The third-order valence-corrected chi connectivity index (χ3v) is 5.72. The highest BCUT2D eigenvalue weighted by Gasteiger charge is 2.14. The van der Waals surface area contributed by atoms with Gasteiger partial charge >= 0.3 is 0 Å². The number of aryl methyl sites for hydroxylation is 1. The summed E-state index contributed by atoms with van der Waals surface area (Å²) in [4.78, 5) is 2.60. The van der Waals surface area contributed by atoms with Crippen LogP contribution >= 0.6 is 11.3 Å². The van der Waals surface area contributed by atoms with Crippen molar-refractivity contribution in [2.45, 2.75) is 31.3 Å². The topological polar surface area (TPSA) is 58.2 Å². The number of sulfonamides is 1. The van der Waals surface area contributed by atoms with E-state index in [1.54, 1.807) is 29.5 Å². The smallest absolute Gasteiger partial charge is 0.240 e. The molecule has 0 amide bonds. The van der Waals surface area contributed by atoms with Crippen molar-refractivity contribution in [2.24, 2.45) is 0 Å². The van der Waals surface area contributed by atoms with Gasteiger partial charge in [-0.1, -0.05) is 19.1 Å². The molecule has 0 bridgehead atoms. The molecular formula is C15H20N2O2S2. The lowest BCUT2D eigenvalue weighted by atomic mass is 10.2. The van der Waals surface area contributed by atoms with Gasteiger partial charge in [0.15, 0.2) is 0 Å². The second-order valence-corrected chi connectivity index (χ2v) is 7.74. The van der Waals surface area contributed by atoms with E-state index in [-0.39, 0.29) is 0 Å². The largest absolute Gasteiger partial charge is 0.316 e. The SMILES string of the molecule is CCc1ccc(CNS(=O)(=O)c2cccc(CNC)c2)s1. The number of nitrogens with one attached hydrogen (secondary N) is 2. The Hall–Kier alpha value is -1.21. The van der Waals surface area contributed by atoms with Crippen molar-refractivity contribution in [3.63, 3.8) is 0 Å². The zero-order valence-corrected chi connectivity index (χ0v) is 13.9. The molecule has 0 atom stereocenters.